The Hall–Kier alpha value is -0.450. The third-order valence-corrected chi connectivity index (χ3v) is 4.34. The number of thiazole rings is 1. The average molecular weight is 254 g/mol. The molecule has 3 nitrogen and oxygen atoms in total. The first-order chi connectivity index (χ1) is 8.20. The lowest BCUT2D eigenvalue weighted by Crippen LogP contribution is -2.21. The van der Waals surface area contributed by atoms with Gasteiger partial charge in [-0.15, -0.1) is 11.3 Å². The molecule has 1 aromatic heterocycles. The van der Waals surface area contributed by atoms with Gasteiger partial charge in [-0.05, 0) is 12.8 Å². The molecule has 0 aliphatic carbocycles. The second kappa shape index (κ2) is 5.94. The van der Waals surface area contributed by atoms with Gasteiger partial charge in [0.25, 0.3) is 0 Å². The Labute approximate surface area is 108 Å². The summed E-state index contributed by atoms with van der Waals surface area (Å²) in [4.78, 5) is 6.19. The van der Waals surface area contributed by atoms with E-state index in [9.17, 15) is 0 Å². The number of nitrogens with one attached hydrogen (secondary N) is 1. The molecule has 4 heteroatoms. The van der Waals surface area contributed by atoms with Gasteiger partial charge in [0, 0.05) is 30.0 Å². The predicted molar refractivity (Wildman–Crippen MR) is 71.6 cm³/mol. The molecule has 2 rings (SSSR count). The Kier molecular flexibility index (Phi) is 4.54. The van der Waals surface area contributed by atoms with Gasteiger partial charge in [0.2, 0.25) is 0 Å². The lowest BCUT2D eigenvalue weighted by molar-refractivity contribution is 0.194. The number of hydrogen-bond donors (Lipinski definition) is 1. The molecule has 1 atom stereocenters. The van der Waals surface area contributed by atoms with E-state index in [-0.39, 0.29) is 0 Å². The normalized spacial score (nSPS) is 20.4. The van der Waals surface area contributed by atoms with Gasteiger partial charge in [0.15, 0.2) is 0 Å². The van der Waals surface area contributed by atoms with E-state index in [0.717, 1.165) is 32.6 Å². The quantitative estimate of drug-likeness (QED) is 0.877. The van der Waals surface area contributed by atoms with Crippen LogP contribution in [0.3, 0.4) is 0 Å². The molecule has 1 saturated heterocycles. The Morgan fingerprint density at radius 3 is 2.94 bits per heavy atom. The highest BCUT2D eigenvalue weighted by molar-refractivity contribution is 7.11. The van der Waals surface area contributed by atoms with Crippen LogP contribution in [0, 0.1) is 0 Å². The SMILES string of the molecule is CCc1nc(C2CCOC2)sc1CNC(C)C. The third kappa shape index (κ3) is 3.27. The highest BCUT2D eigenvalue weighted by Gasteiger charge is 2.22. The van der Waals surface area contributed by atoms with Gasteiger partial charge >= 0.3 is 0 Å². The first-order valence-electron chi connectivity index (χ1n) is 6.50. The maximum absolute atomic E-state index is 5.44. The Balaban J connectivity index is 2.08. The van der Waals surface area contributed by atoms with E-state index >= 15 is 0 Å². The van der Waals surface area contributed by atoms with Crippen molar-refractivity contribution in [3.05, 3.63) is 15.6 Å². The van der Waals surface area contributed by atoms with E-state index in [0.29, 0.717) is 12.0 Å². The van der Waals surface area contributed by atoms with Crippen molar-refractivity contribution in [1.82, 2.24) is 10.3 Å². The molecule has 0 aromatic carbocycles. The largest absolute Gasteiger partial charge is 0.381 e. The van der Waals surface area contributed by atoms with Crippen molar-refractivity contribution in [2.75, 3.05) is 13.2 Å². The summed E-state index contributed by atoms with van der Waals surface area (Å²) < 4.78 is 5.44. The van der Waals surface area contributed by atoms with E-state index in [1.54, 1.807) is 0 Å². The highest BCUT2D eigenvalue weighted by atomic mass is 32.1. The van der Waals surface area contributed by atoms with Crippen LogP contribution in [0.1, 0.15) is 48.7 Å². The van der Waals surface area contributed by atoms with E-state index in [1.165, 1.54) is 15.6 Å². The van der Waals surface area contributed by atoms with Gasteiger partial charge in [-0.1, -0.05) is 20.8 Å². The first-order valence-corrected chi connectivity index (χ1v) is 7.32. The minimum Gasteiger partial charge on any atom is -0.381 e. The van der Waals surface area contributed by atoms with Crippen molar-refractivity contribution in [1.29, 1.82) is 0 Å². The summed E-state index contributed by atoms with van der Waals surface area (Å²) >= 11 is 1.87. The molecule has 1 aliphatic rings. The lowest BCUT2D eigenvalue weighted by Gasteiger charge is -2.06. The van der Waals surface area contributed by atoms with E-state index in [4.69, 9.17) is 9.72 Å². The molecule has 0 bridgehead atoms. The molecular formula is C13H22N2OS. The molecule has 2 heterocycles. The van der Waals surface area contributed by atoms with Gasteiger partial charge in [0.1, 0.15) is 0 Å². The fourth-order valence-electron chi connectivity index (χ4n) is 2.02. The highest BCUT2D eigenvalue weighted by Crippen LogP contribution is 2.31. The first kappa shape index (κ1) is 13.0. The molecule has 1 unspecified atom stereocenters. The summed E-state index contributed by atoms with van der Waals surface area (Å²) in [5.74, 6) is 0.540. The topological polar surface area (TPSA) is 34.1 Å². The molecule has 17 heavy (non-hydrogen) atoms. The van der Waals surface area contributed by atoms with Crippen molar-refractivity contribution in [2.24, 2.45) is 0 Å². The molecule has 96 valence electrons. The van der Waals surface area contributed by atoms with Crippen LogP contribution >= 0.6 is 11.3 Å². The maximum Gasteiger partial charge on any atom is 0.0986 e. The summed E-state index contributed by atoms with van der Waals surface area (Å²) in [7, 11) is 0. The van der Waals surface area contributed by atoms with Crippen molar-refractivity contribution in [2.45, 2.75) is 52.1 Å². The van der Waals surface area contributed by atoms with Gasteiger partial charge < -0.3 is 10.1 Å². The summed E-state index contributed by atoms with van der Waals surface area (Å²) in [6.07, 6.45) is 2.16. The fraction of sp³-hybridized carbons (Fsp3) is 0.769. The zero-order chi connectivity index (χ0) is 12.3. The summed E-state index contributed by atoms with van der Waals surface area (Å²) in [5.41, 5.74) is 1.27. The van der Waals surface area contributed by atoms with Crippen LogP contribution in [0.15, 0.2) is 0 Å². The Bertz CT molecular complexity index is 356. The summed E-state index contributed by atoms with van der Waals surface area (Å²) in [6.45, 7) is 9.24. The number of aromatic nitrogens is 1. The maximum atomic E-state index is 5.44. The van der Waals surface area contributed by atoms with Crippen LogP contribution in [-0.4, -0.2) is 24.2 Å². The third-order valence-electron chi connectivity index (χ3n) is 3.08. The summed E-state index contributed by atoms with van der Waals surface area (Å²) in [6, 6.07) is 0.528. The zero-order valence-corrected chi connectivity index (χ0v) is 11.8. The van der Waals surface area contributed by atoms with Gasteiger partial charge in [0.05, 0.1) is 17.3 Å². The van der Waals surface area contributed by atoms with Crippen LogP contribution in [0.5, 0.6) is 0 Å². The molecule has 0 amide bonds. The molecule has 0 radical (unpaired) electrons. The van der Waals surface area contributed by atoms with Gasteiger partial charge in [-0.2, -0.15) is 0 Å². The molecule has 1 fully saturated rings. The smallest absolute Gasteiger partial charge is 0.0986 e. The molecule has 1 aromatic rings. The molecule has 1 N–H and O–H groups in total. The summed E-state index contributed by atoms with van der Waals surface area (Å²) in [5, 5.41) is 4.76. The Morgan fingerprint density at radius 1 is 1.53 bits per heavy atom. The van der Waals surface area contributed by atoms with Crippen LogP contribution in [-0.2, 0) is 17.7 Å². The van der Waals surface area contributed by atoms with Crippen molar-refractivity contribution in [3.63, 3.8) is 0 Å². The van der Waals surface area contributed by atoms with Gasteiger partial charge in [-0.3, -0.25) is 0 Å². The standard InChI is InChI=1S/C13H22N2OS/c1-4-11-12(7-14-9(2)3)17-13(15-11)10-5-6-16-8-10/h9-10,14H,4-8H2,1-3H3. The van der Waals surface area contributed by atoms with E-state index < -0.39 is 0 Å². The van der Waals surface area contributed by atoms with Gasteiger partial charge in [-0.25, -0.2) is 4.98 Å². The van der Waals surface area contributed by atoms with Crippen molar-refractivity contribution in [3.8, 4) is 0 Å². The number of nitrogens with zero attached hydrogens (tertiary/aromatic N) is 1. The van der Waals surface area contributed by atoms with Crippen molar-refractivity contribution < 1.29 is 4.74 Å². The fourth-order valence-corrected chi connectivity index (χ4v) is 3.24. The van der Waals surface area contributed by atoms with Crippen LogP contribution in [0.2, 0.25) is 0 Å². The average Bonchev–Trinajstić information content (AvgIpc) is 2.94. The second-order valence-electron chi connectivity index (χ2n) is 4.87. The van der Waals surface area contributed by atoms with Crippen LogP contribution in [0.4, 0.5) is 0 Å². The van der Waals surface area contributed by atoms with Crippen LogP contribution < -0.4 is 5.32 Å². The predicted octanol–water partition coefficient (Wildman–Crippen LogP) is 2.71. The second-order valence-corrected chi connectivity index (χ2v) is 5.99. The van der Waals surface area contributed by atoms with Crippen molar-refractivity contribution >= 4 is 11.3 Å². The monoisotopic (exact) mass is 254 g/mol. The molecule has 0 spiro atoms. The molecule has 0 saturated carbocycles. The van der Waals surface area contributed by atoms with E-state index in [2.05, 4.69) is 26.1 Å². The zero-order valence-electron chi connectivity index (χ0n) is 11.0. The number of aryl methyl sites for hydroxylation is 1. The minimum atomic E-state index is 0.528. The van der Waals surface area contributed by atoms with E-state index in [1.807, 2.05) is 11.3 Å². The number of ether oxygens (including phenoxy) is 1. The Morgan fingerprint density at radius 2 is 2.35 bits per heavy atom. The minimum absolute atomic E-state index is 0.528. The molecular weight excluding hydrogens is 232 g/mol. The lowest BCUT2D eigenvalue weighted by atomic mass is 10.1. The number of hydrogen-bond acceptors (Lipinski definition) is 4. The number of rotatable bonds is 5. The molecule has 1 aliphatic heterocycles. The van der Waals surface area contributed by atoms with Crippen LogP contribution in [0.25, 0.3) is 0 Å².